The number of methoxy groups -OCH3 is 1. The van der Waals surface area contributed by atoms with Crippen molar-refractivity contribution in [2.75, 3.05) is 18.7 Å². The van der Waals surface area contributed by atoms with E-state index >= 15 is 4.39 Å². The van der Waals surface area contributed by atoms with Crippen molar-refractivity contribution in [1.82, 2.24) is 4.90 Å². The number of hydrogen-bond acceptors (Lipinski definition) is 7. The fourth-order valence-corrected chi connectivity index (χ4v) is 5.19. The Morgan fingerprint density at radius 3 is 2.68 bits per heavy atom. The molecular weight excluding hydrogens is 471 g/mol. The number of halogens is 1. The van der Waals surface area contributed by atoms with Gasteiger partial charge in [-0.15, -0.1) is 5.10 Å². The van der Waals surface area contributed by atoms with Crippen molar-refractivity contribution in [2.45, 2.75) is 25.8 Å². The summed E-state index contributed by atoms with van der Waals surface area (Å²) >= 11 is 0. The van der Waals surface area contributed by atoms with E-state index in [4.69, 9.17) is 14.5 Å². The molecule has 2 aliphatic heterocycles. The largest absolute Gasteiger partial charge is 0.497 e. The summed E-state index contributed by atoms with van der Waals surface area (Å²) in [5.41, 5.74) is 5.21. The van der Waals surface area contributed by atoms with Crippen molar-refractivity contribution in [1.29, 1.82) is 0 Å². The van der Waals surface area contributed by atoms with E-state index in [0.29, 0.717) is 11.7 Å². The molecule has 6 rings (SSSR count). The van der Waals surface area contributed by atoms with Crippen LogP contribution >= 0.6 is 0 Å². The average Bonchev–Trinajstić information content (AvgIpc) is 3.31. The minimum atomic E-state index is -0.595. The average molecular weight is 497 g/mol. The van der Waals surface area contributed by atoms with Crippen LogP contribution in [-0.2, 0) is 16.0 Å². The van der Waals surface area contributed by atoms with Gasteiger partial charge in [-0.25, -0.2) is 14.2 Å². The van der Waals surface area contributed by atoms with E-state index in [1.165, 1.54) is 16.6 Å². The number of guanidine groups is 1. The fourth-order valence-electron chi connectivity index (χ4n) is 5.19. The Morgan fingerprint density at radius 2 is 1.86 bits per heavy atom. The van der Waals surface area contributed by atoms with Gasteiger partial charge in [0.05, 0.1) is 25.5 Å². The Bertz CT molecular complexity index is 1500. The first-order valence-electron chi connectivity index (χ1n) is 12.2. The molecular formula is C29H25FN4O3. The third-order valence-corrected chi connectivity index (χ3v) is 6.82. The summed E-state index contributed by atoms with van der Waals surface area (Å²) in [7, 11) is 1.62. The van der Waals surface area contributed by atoms with E-state index < -0.39 is 17.8 Å². The molecule has 3 aromatic rings. The van der Waals surface area contributed by atoms with Gasteiger partial charge < -0.3 is 9.47 Å². The lowest BCUT2D eigenvalue weighted by Gasteiger charge is -2.39. The second-order valence-corrected chi connectivity index (χ2v) is 8.90. The Balaban J connectivity index is 1.61. The third kappa shape index (κ3) is 3.76. The van der Waals surface area contributed by atoms with Crippen molar-refractivity contribution in [3.05, 3.63) is 101 Å². The quantitative estimate of drug-likeness (QED) is 0.449. The summed E-state index contributed by atoms with van der Waals surface area (Å²) in [6.45, 7) is 1.93. The van der Waals surface area contributed by atoms with E-state index in [1.54, 1.807) is 37.1 Å². The number of para-hydroxylation sites is 1. The molecule has 0 fully saturated rings. The number of anilines is 1. The molecule has 1 atom stereocenters. The number of fused-ring (bicyclic) bond motifs is 3. The standard InChI is InChI=1S/C29H25FN4O3/c1-3-37-28(35)27-32-34(24-14-7-6-13-23(24)30)29-31-25-21-12-5-4-9-18(21)15-16-22(25)26(33(27)29)19-10-8-11-20(17-19)36-2/h4-14,17,26H,3,15-16H2,1-2H3/t26-/m1/s1. The zero-order chi connectivity index (χ0) is 25.5. The molecule has 0 saturated heterocycles. The Labute approximate surface area is 214 Å². The Kier molecular flexibility index (Phi) is 5.71. The predicted octanol–water partition coefficient (Wildman–Crippen LogP) is 5.30. The molecule has 0 unspecified atom stereocenters. The lowest BCUT2D eigenvalue weighted by atomic mass is 9.82. The first-order chi connectivity index (χ1) is 18.1. The molecule has 0 aromatic heterocycles. The van der Waals surface area contributed by atoms with Crippen LogP contribution in [0.25, 0.3) is 5.70 Å². The molecule has 186 valence electrons. The topological polar surface area (TPSA) is 66.7 Å². The maximum atomic E-state index is 15.0. The molecule has 0 spiro atoms. The summed E-state index contributed by atoms with van der Waals surface area (Å²) in [5.74, 6) is 0.0289. The maximum absolute atomic E-state index is 15.0. The number of hydrogen-bond donors (Lipinski definition) is 0. The molecule has 0 N–H and O–H groups in total. The minimum absolute atomic E-state index is 0.0575. The van der Waals surface area contributed by atoms with E-state index in [1.807, 2.05) is 36.4 Å². The van der Waals surface area contributed by atoms with E-state index in [9.17, 15) is 4.79 Å². The first kappa shape index (κ1) is 23.0. The third-order valence-electron chi connectivity index (χ3n) is 6.82. The summed E-state index contributed by atoms with van der Waals surface area (Å²) in [6, 6.07) is 21.8. The van der Waals surface area contributed by atoms with Gasteiger partial charge >= 0.3 is 5.97 Å². The van der Waals surface area contributed by atoms with E-state index in [0.717, 1.165) is 35.2 Å². The van der Waals surface area contributed by atoms with Crippen molar-refractivity contribution >= 4 is 29.1 Å². The van der Waals surface area contributed by atoms with Crippen LogP contribution < -0.4 is 9.75 Å². The van der Waals surface area contributed by atoms with E-state index in [-0.39, 0.29) is 18.1 Å². The lowest BCUT2D eigenvalue weighted by Crippen LogP contribution is -2.46. The second kappa shape index (κ2) is 9.20. The minimum Gasteiger partial charge on any atom is -0.497 e. The van der Waals surface area contributed by atoms with Gasteiger partial charge in [0.15, 0.2) is 0 Å². The highest BCUT2D eigenvalue weighted by Crippen LogP contribution is 2.47. The number of rotatable bonds is 5. The number of hydrazone groups is 1. The predicted molar refractivity (Wildman–Crippen MR) is 140 cm³/mol. The number of carbonyl (C=O) groups is 1. The maximum Gasteiger partial charge on any atom is 0.376 e. The Hall–Kier alpha value is -4.46. The fraction of sp³-hybridized carbons (Fsp3) is 0.207. The van der Waals surface area contributed by atoms with Gasteiger partial charge in [-0.1, -0.05) is 48.5 Å². The number of nitrogens with zero attached hydrogens (tertiary/aromatic N) is 4. The van der Waals surface area contributed by atoms with Gasteiger partial charge in [-0.05, 0) is 60.7 Å². The van der Waals surface area contributed by atoms with Gasteiger partial charge in [0.1, 0.15) is 17.3 Å². The molecule has 0 bridgehead atoms. The molecule has 8 heteroatoms. The van der Waals surface area contributed by atoms with Crippen LogP contribution in [0, 0.1) is 5.82 Å². The first-order valence-corrected chi connectivity index (χ1v) is 12.2. The zero-order valence-electron chi connectivity index (χ0n) is 20.5. The van der Waals surface area contributed by atoms with E-state index in [2.05, 4.69) is 17.2 Å². The van der Waals surface area contributed by atoms with Crippen molar-refractivity contribution in [2.24, 2.45) is 10.1 Å². The van der Waals surface area contributed by atoms with Crippen molar-refractivity contribution in [3.63, 3.8) is 0 Å². The number of aryl methyl sites for hydroxylation is 1. The molecule has 3 aromatic carbocycles. The highest BCUT2D eigenvalue weighted by Gasteiger charge is 2.47. The molecule has 3 aliphatic rings. The van der Waals surface area contributed by atoms with Gasteiger partial charge in [-0.2, -0.15) is 5.01 Å². The highest BCUT2D eigenvalue weighted by molar-refractivity contribution is 6.41. The Morgan fingerprint density at radius 1 is 1.05 bits per heavy atom. The number of esters is 1. The molecule has 0 radical (unpaired) electrons. The van der Waals surface area contributed by atoms with Crippen molar-refractivity contribution in [3.8, 4) is 5.75 Å². The van der Waals surface area contributed by atoms with Gasteiger partial charge in [0, 0.05) is 5.56 Å². The smallest absolute Gasteiger partial charge is 0.376 e. The summed E-state index contributed by atoms with van der Waals surface area (Å²) in [4.78, 5) is 20.0. The highest BCUT2D eigenvalue weighted by atomic mass is 19.1. The van der Waals surface area contributed by atoms with Gasteiger partial charge in [0.25, 0.3) is 0 Å². The number of aliphatic imine (C=N–C) groups is 1. The molecule has 0 amide bonds. The lowest BCUT2D eigenvalue weighted by molar-refractivity contribution is -0.135. The number of ether oxygens (including phenoxy) is 2. The molecule has 37 heavy (non-hydrogen) atoms. The van der Waals surface area contributed by atoms with Crippen LogP contribution in [0.5, 0.6) is 5.75 Å². The molecule has 7 nitrogen and oxygen atoms in total. The molecule has 1 aliphatic carbocycles. The van der Waals surface area contributed by atoms with Crippen LogP contribution in [0.4, 0.5) is 10.1 Å². The molecule has 2 heterocycles. The van der Waals surface area contributed by atoms with Gasteiger partial charge in [-0.3, -0.25) is 4.90 Å². The van der Waals surface area contributed by atoms with Crippen LogP contribution in [0.3, 0.4) is 0 Å². The van der Waals surface area contributed by atoms with Crippen LogP contribution in [0.2, 0.25) is 0 Å². The van der Waals surface area contributed by atoms with Crippen LogP contribution in [-0.4, -0.2) is 36.4 Å². The number of benzene rings is 3. The SMILES string of the molecule is CCOC(=O)C1=NN(c2ccccc2F)C2=NC3=C(CCc4ccccc43)[C@@H](c3cccc(OC)c3)N12. The number of carbonyl (C=O) groups excluding carboxylic acids is 1. The summed E-state index contributed by atoms with van der Waals surface area (Å²) in [5, 5.41) is 5.99. The zero-order valence-corrected chi connectivity index (χ0v) is 20.5. The van der Waals surface area contributed by atoms with Crippen LogP contribution in [0.1, 0.15) is 36.1 Å². The molecule has 0 saturated carbocycles. The second-order valence-electron chi connectivity index (χ2n) is 8.90. The van der Waals surface area contributed by atoms with Gasteiger partial charge in [0.2, 0.25) is 11.8 Å². The van der Waals surface area contributed by atoms with Crippen molar-refractivity contribution < 1.29 is 18.7 Å². The van der Waals surface area contributed by atoms with Crippen LogP contribution in [0.15, 0.2) is 88.5 Å². The monoisotopic (exact) mass is 496 g/mol. The summed E-state index contributed by atoms with van der Waals surface area (Å²) in [6.07, 6.45) is 1.59. The normalized spacial score (nSPS) is 18.0. The summed E-state index contributed by atoms with van der Waals surface area (Å²) < 4.78 is 25.9. The number of amidine groups is 1.